The molecule has 0 aliphatic carbocycles. The van der Waals surface area contributed by atoms with Gasteiger partial charge in [0.15, 0.2) is 5.78 Å². The molecule has 100 valence electrons. The quantitative estimate of drug-likeness (QED) is 0.358. The average molecular weight is 300 g/mol. The summed E-state index contributed by atoms with van der Waals surface area (Å²) in [6, 6.07) is 12.4. The molecule has 0 saturated carbocycles. The third-order valence-corrected chi connectivity index (χ3v) is 4.58. The summed E-state index contributed by atoms with van der Waals surface area (Å²) in [5.41, 5.74) is 0.841. The number of Topliss-reactive ketones (excluding diaryl/α,β-unsaturated/α-hetero) is 1. The van der Waals surface area contributed by atoms with E-state index in [0.29, 0.717) is 11.1 Å². The first kappa shape index (κ1) is 16.1. The second kappa shape index (κ2) is 8.27. The van der Waals surface area contributed by atoms with Crippen LogP contribution in [-0.2, 0) is 0 Å². The van der Waals surface area contributed by atoms with Crippen LogP contribution in [0.25, 0.3) is 0 Å². The number of carbonyl (C=O) groups excluding carboxylic acids is 1. The Morgan fingerprint density at radius 3 is 2.10 bits per heavy atom. The number of hydrogen-bond donors (Lipinski definition) is 0. The third-order valence-electron chi connectivity index (χ3n) is 2.40. The molecule has 0 aliphatic heterocycles. The summed E-state index contributed by atoms with van der Waals surface area (Å²) >= 11 is 2.84. The van der Waals surface area contributed by atoms with Crippen LogP contribution in [0.3, 0.4) is 0 Å². The monoisotopic (exact) mass is 300 g/mol. The highest BCUT2D eigenvalue weighted by atomic mass is 32.2. The second-order valence-corrected chi connectivity index (χ2v) is 5.48. The Balaban J connectivity index is 3.38. The van der Waals surface area contributed by atoms with Crippen molar-refractivity contribution in [3.8, 4) is 12.1 Å². The number of rotatable bonds is 5. The van der Waals surface area contributed by atoms with E-state index in [0.717, 1.165) is 4.24 Å². The molecule has 0 fully saturated rings. The number of hydrogen-bond acceptors (Lipinski definition) is 5. The van der Waals surface area contributed by atoms with Gasteiger partial charge in [0.25, 0.3) is 0 Å². The predicted molar refractivity (Wildman–Crippen MR) is 84.1 cm³/mol. The molecule has 1 aromatic carbocycles. The van der Waals surface area contributed by atoms with E-state index in [1.165, 1.54) is 29.6 Å². The predicted octanol–water partition coefficient (Wildman–Crippen LogP) is 3.78. The van der Waals surface area contributed by atoms with E-state index in [2.05, 4.69) is 0 Å². The van der Waals surface area contributed by atoms with E-state index in [9.17, 15) is 4.79 Å². The normalized spacial score (nSPS) is 9.00. The maximum Gasteiger partial charge on any atom is 0.194 e. The van der Waals surface area contributed by atoms with Crippen molar-refractivity contribution in [3.63, 3.8) is 0 Å². The lowest BCUT2D eigenvalue weighted by Gasteiger charge is -2.07. The van der Waals surface area contributed by atoms with Crippen molar-refractivity contribution < 1.29 is 4.79 Å². The van der Waals surface area contributed by atoms with E-state index in [1.807, 2.05) is 18.6 Å². The first-order chi connectivity index (χ1) is 9.67. The van der Waals surface area contributed by atoms with Crippen LogP contribution in [0.4, 0.5) is 0 Å². The zero-order chi connectivity index (χ0) is 15.0. The minimum atomic E-state index is -0.188. The molecule has 0 aromatic heterocycles. The molecule has 1 rings (SSSR count). The van der Waals surface area contributed by atoms with Gasteiger partial charge in [0.05, 0.1) is 4.24 Å². The Kier molecular flexibility index (Phi) is 6.66. The van der Waals surface area contributed by atoms with E-state index in [-0.39, 0.29) is 11.4 Å². The van der Waals surface area contributed by atoms with Crippen LogP contribution in [0.5, 0.6) is 0 Å². The van der Waals surface area contributed by atoms with Crippen molar-refractivity contribution in [1.29, 1.82) is 10.5 Å². The molecule has 1 aromatic rings. The molecule has 0 atom stereocenters. The van der Waals surface area contributed by atoms with E-state index < -0.39 is 0 Å². The molecular weight excluding hydrogens is 288 g/mol. The molecule has 5 heteroatoms. The summed E-state index contributed by atoms with van der Waals surface area (Å²) in [4.78, 5) is 12.5. The molecule has 0 saturated heterocycles. The lowest BCUT2D eigenvalue weighted by molar-refractivity contribution is 0.103. The van der Waals surface area contributed by atoms with Crippen molar-refractivity contribution in [2.24, 2.45) is 0 Å². The first-order valence-electron chi connectivity index (χ1n) is 5.61. The maximum absolute atomic E-state index is 12.5. The van der Waals surface area contributed by atoms with Crippen LogP contribution in [-0.4, -0.2) is 18.3 Å². The van der Waals surface area contributed by atoms with Gasteiger partial charge in [-0.3, -0.25) is 4.79 Å². The van der Waals surface area contributed by atoms with Crippen molar-refractivity contribution >= 4 is 29.3 Å². The minimum absolute atomic E-state index is 0.0788. The standard InChI is InChI=1S/C15H12N2OS2/c1-19-15(20-2)13(8-11(9-16)10-17)14(18)12-6-4-3-5-7-12/h3-8H,1-2H3. The topological polar surface area (TPSA) is 64.7 Å². The molecule has 0 aliphatic rings. The number of allylic oxidation sites excluding steroid dienone is 3. The van der Waals surface area contributed by atoms with Gasteiger partial charge in [-0.25, -0.2) is 0 Å². The fourth-order valence-corrected chi connectivity index (χ4v) is 2.91. The van der Waals surface area contributed by atoms with Crippen LogP contribution in [0.2, 0.25) is 0 Å². The summed E-state index contributed by atoms with van der Waals surface area (Å²) in [6.07, 6.45) is 5.07. The summed E-state index contributed by atoms with van der Waals surface area (Å²) in [5.74, 6) is -0.188. The summed E-state index contributed by atoms with van der Waals surface area (Å²) in [7, 11) is 0. The largest absolute Gasteiger partial charge is 0.289 e. The Bertz CT molecular complexity index is 612. The molecule has 20 heavy (non-hydrogen) atoms. The van der Waals surface area contributed by atoms with Crippen LogP contribution in [0.1, 0.15) is 10.4 Å². The molecule has 0 N–H and O–H groups in total. The van der Waals surface area contributed by atoms with Crippen LogP contribution < -0.4 is 0 Å². The van der Waals surface area contributed by atoms with Gasteiger partial charge in [0.1, 0.15) is 17.7 Å². The van der Waals surface area contributed by atoms with E-state index >= 15 is 0 Å². The molecule has 3 nitrogen and oxygen atoms in total. The molecule has 0 heterocycles. The number of nitriles is 2. The van der Waals surface area contributed by atoms with Gasteiger partial charge in [0.2, 0.25) is 0 Å². The van der Waals surface area contributed by atoms with Gasteiger partial charge in [-0.1, -0.05) is 30.3 Å². The third kappa shape index (κ3) is 4.03. The molecule has 0 spiro atoms. The number of benzene rings is 1. The fourth-order valence-electron chi connectivity index (χ4n) is 1.50. The van der Waals surface area contributed by atoms with Crippen molar-refractivity contribution in [1.82, 2.24) is 0 Å². The number of thioether (sulfide) groups is 2. The first-order valence-corrected chi connectivity index (χ1v) is 8.06. The van der Waals surface area contributed by atoms with Crippen LogP contribution in [0, 0.1) is 22.7 Å². The zero-order valence-electron chi connectivity index (χ0n) is 11.1. The van der Waals surface area contributed by atoms with E-state index in [4.69, 9.17) is 10.5 Å². The van der Waals surface area contributed by atoms with Gasteiger partial charge in [0, 0.05) is 11.1 Å². The highest BCUT2D eigenvalue weighted by molar-refractivity contribution is 8.21. The van der Waals surface area contributed by atoms with Gasteiger partial charge >= 0.3 is 0 Å². The minimum Gasteiger partial charge on any atom is -0.289 e. The zero-order valence-corrected chi connectivity index (χ0v) is 12.7. The highest BCUT2D eigenvalue weighted by Gasteiger charge is 2.15. The van der Waals surface area contributed by atoms with Crippen molar-refractivity contribution in [3.05, 3.63) is 57.4 Å². The summed E-state index contributed by atoms with van der Waals surface area (Å²) in [5, 5.41) is 17.7. The lowest BCUT2D eigenvalue weighted by Crippen LogP contribution is -2.03. The Labute approximate surface area is 127 Å². The van der Waals surface area contributed by atoms with Crippen molar-refractivity contribution in [2.45, 2.75) is 0 Å². The van der Waals surface area contributed by atoms with Gasteiger partial charge in [-0.2, -0.15) is 10.5 Å². The van der Waals surface area contributed by atoms with Gasteiger partial charge in [-0.05, 0) is 18.6 Å². The Hall–Kier alpha value is -1.95. The van der Waals surface area contributed by atoms with Crippen molar-refractivity contribution in [2.75, 3.05) is 12.5 Å². The van der Waals surface area contributed by atoms with Crippen LogP contribution in [0.15, 0.2) is 51.8 Å². The maximum atomic E-state index is 12.5. The molecular formula is C15H12N2OS2. The average Bonchev–Trinajstić information content (AvgIpc) is 2.51. The summed E-state index contributed by atoms with van der Waals surface area (Å²) < 4.78 is 0.779. The van der Waals surface area contributed by atoms with Gasteiger partial charge in [-0.15, -0.1) is 23.5 Å². The summed E-state index contributed by atoms with van der Waals surface area (Å²) in [6.45, 7) is 0. The Morgan fingerprint density at radius 1 is 1.10 bits per heavy atom. The number of carbonyl (C=O) groups is 1. The van der Waals surface area contributed by atoms with E-state index in [1.54, 1.807) is 36.4 Å². The molecule has 0 bridgehead atoms. The smallest absolute Gasteiger partial charge is 0.194 e. The highest BCUT2D eigenvalue weighted by Crippen LogP contribution is 2.30. The molecule has 0 unspecified atom stereocenters. The number of ketones is 1. The molecule has 0 amide bonds. The second-order valence-electron chi connectivity index (χ2n) is 3.59. The Morgan fingerprint density at radius 2 is 1.65 bits per heavy atom. The SMILES string of the molecule is CSC(SC)=C(C=C(C#N)C#N)C(=O)c1ccccc1. The number of nitrogens with zero attached hydrogens (tertiary/aromatic N) is 2. The molecule has 0 radical (unpaired) electrons. The van der Waals surface area contributed by atoms with Crippen LogP contribution >= 0.6 is 23.5 Å². The fraction of sp³-hybridized carbons (Fsp3) is 0.133. The van der Waals surface area contributed by atoms with Gasteiger partial charge < -0.3 is 0 Å². The lowest BCUT2D eigenvalue weighted by atomic mass is 10.0.